The van der Waals surface area contributed by atoms with E-state index in [9.17, 15) is 18.0 Å². The molecule has 162 valence electrons. The third kappa shape index (κ3) is 4.05. The lowest BCUT2D eigenvalue weighted by atomic mass is 10.0. The molecule has 0 radical (unpaired) electrons. The topological polar surface area (TPSA) is 81.3 Å². The Morgan fingerprint density at radius 1 is 1.19 bits per heavy atom. The van der Waals surface area contributed by atoms with Gasteiger partial charge in [-0.2, -0.15) is 13.2 Å². The number of pyridine rings is 2. The molecular formula is C22H21F3N4O2. The van der Waals surface area contributed by atoms with Gasteiger partial charge in [-0.05, 0) is 49.7 Å². The summed E-state index contributed by atoms with van der Waals surface area (Å²) in [5.41, 5.74) is 8.46. The van der Waals surface area contributed by atoms with Crippen LogP contribution in [0.1, 0.15) is 46.6 Å². The number of alkyl halides is 3. The number of nitrogens with two attached hydrogens (primary N) is 1. The van der Waals surface area contributed by atoms with E-state index in [2.05, 4.69) is 9.97 Å². The molecule has 0 unspecified atom stereocenters. The molecule has 1 amide bonds. The number of anilines is 1. The predicted octanol–water partition coefficient (Wildman–Crippen LogP) is 4.31. The smallest absolute Gasteiger partial charge is 0.383 e. The van der Waals surface area contributed by atoms with E-state index in [1.54, 1.807) is 23.1 Å². The van der Waals surface area contributed by atoms with Crippen molar-refractivity contribution in [3.63, 3.8) is 0 Å². The molecule has 1 aromatic carbocycles. The molecule has 2 N–H and O–H groups in total. The second-order valence-corrected chi connectivity index (χ2v) is 7.74. The van der Waals surface area contributed by atoms with Crippen molar-refractivity contribution in [2.75, 3.05) is 5.73 Å². The second-order valence-electron chi connectivity index (χ2n) is 7.74. The van der Waals surface area contributed by atoms with E-state index < -0.39 is 11.7 Å². The van der Waals surface area contributed by atoms with Gasteiger partial charge in [0, 0.05) is 28.8 Å². The first-order chi connectivity index (χ1) is 14.6. The third-order valence-electron chi connectivity index (χ3n) is 5.34. The number of aromatic nitrogens is 2. The number of nitrogens with zero attached hydrogens (tertiary/aromatic N) is 3. The van der Waals surface area contributed by atoms with Gasteiger partial charge in [-0.3, -0.25) is 9.78 Å². The van der Waals surface area contributed by atoms with Crippen LogP contribution in [0.3, 0.4) is 0 Å². The summed E-state index contributed by atoms with van der Waals surface area (Å²) in [6, 6.07) is 7.27. The minimum atomic E-state index is -4.45. The van der Waals surface area contributed by atoms with Crippen LogP contribution < -0.4 is 5.73 Å². The van der Waals surface area contributed by atoms with Crippen LogP contribution in [-0.4, -0.2) is 26.8 Å². The summed E-state index contributed by atoms with van der Waals surface area (Å²) in [6.07, 6.45) is -3.67. The highest BCUT2D eigenvalue weighted by molar-refractivity contribution is 5.99. The quantitative estimate of drug-likeness (QED) is 0.667. The fourth-order valence-electron chi connectivity index (χ4n) is 3.62. The Morgan fingerprint density at radius 3 is 2.58 bits per heavy atom. The lowest BCUT2D eigenvalue weighted by Crippen LogP contribution is -2.36. The van der Waals surface area contributed by atoms with E-state index >= 15 is 0 Å². The molecule has 0 bridgehead atoms. The number of ether oxygens (including phenoxy) is 1. The van der Waals surface area contributed by atoms with Gasteiger partial charge >= 0.3 is 6.18 Å². The molecule has 0 spiro atoms. The molecule has 6 nitrogen and oxygen atoms in total. The van der Waals surface area contributed by atoms with E-state index in [-0.39, 0.29) is 18.5 Å². The van der Waals surface area contributed by atoms with Crippen molar-refractivity contribution < 1.29 is 22.7 Å². The summed E-state index contributed by atoms with van der Waals surface area (Å²) < 4.78 is 43.8. The fraction of sp³-hybridized carbons (Fsp3) is 0.318. The van der Waals surface area contributed by atoms with E-state index in [0.717, 1.165) is 28.8 Å². The summed E-state index contributed by atoms with van der Waals surface area (Å²) in [6.45, 7) is 4.57. The SMILES string of the molecule is CC(C)N(Cc1ccc(C(F)(F)F)cn1)C(=O)c1ccc2nc(N)c3c(c2c1)COC3. The van der Waals surface area contributed by atoms with Gasteiger partial charge in [-0.25, -0.2) is 4.98 Å². The standard InChI is InChI=1S/C22H21F3N4O2/c1-12(2)29(9-15-5-4-14(8-27-15)22(23,24)25)21(30)13-3-6-19-16(7-13)17-10-31-11-18(17)20(26)28-19/h3-8,12H,9-11H2,1-2H3,(H2,26,28). The largest absolute Gasteiger partial charge is 0.417 e. The van der Waals surface area contributed by atoms with Gasteiger partial charge in [-0.1, -0.05) is 0 Å². The molecule has 2 aromatic heterocycles. The monoisotopic (exact) mass is 430 g/mol. The Bertz CT molecular complexity index is 1140. The maximum atomic E-state index is 13.3. The minimum absolute atomic E-state index is 0.0912. The lowest BCUT2D eigenvalue weighted by Gasteiger charge is -2.27. The van der Waals surface area contributed by atoms with E-state index in [4.69, 9.17) is 10.5 Å². The van der Waals surface area contributed by atoms with Crippen LogP contribution in [0.4, 0.5) is 19.0 Å². The van der Waals surface area contributed by atoms with Crippen LogP contribution in [0.25, 0.3) is 10.9 Å². The Morgan fingerprint density at radius 2 is 1.94 bits per heavy atom. The van der Waals surface area contributed by atoms with Gasteiger partial charge in [0.15, 0.2) is 0 Å². The number of hydrogen-bond donors (Lipinski definition) is 1. The van der Waals surface area contributed by atoms with Crippen LogP contribution in [-0.2, 0) is 30.7 Å². The summed E-state index contributed by atoms with van der Waals surface area (Å²) in [5.74, 6) is 0.180. The first kappa shape index (κ1) is 21.0. The molecular weight excluding hydrogens is 409 g/mol. The average Bonchev–Trinajstić information content (AvgIpc) is 3.22. The van der Waals surface area contributed by atoms with Crippen molar-refractivity contribution in [2.24, 2.45) is 0 Å². The molecule has 3 heterocycles. The molecule has 3 aromatic rings. The number of benzene rings is 1. The van der Waals surface area contributed by atoms with Crippen molar-refractivity contribution >= 4 is 22.6 Å². The van der Waals surface area contributed by atoms with Crippen molar-refractivity contribution in [1.29, 1.82) is 0 Å². The maximum absolute atomic E-state index is 13.3. The summed E-state index contributed by atoms with van der Waals surface area (Å²) in [5, 5.41) is 0.809. The predicted molar refractivity (Wildman–Crippen MR) is 109 cm³/mol. The number of carbonyl (C=O) groups is 1. The second kappa shape index (κ2) is 7.81. The van der Waals surface area contributed by atoms with E-state index in [0.29, 0.717) is 35.8 Å². The molecule has 31 heavy (non-hydrogen) atoms. The lowest BCUT2D eigenvalue weighted by molar-refractivity contribution is -0.137. The van der Waals surface area contributed by atoms with Gasteiger partial charge in [0.1, 0.15) is 5.82 Å². The van der Waals surface area contributed by atoms with Crippen LogP contribution in [0, 0.1) is 0 Å². The molecule has 0 aliphatic carbocycles. The van der Waals surface area contributed by atoms with Gasteiger partial charge in [-0.15, -0.1) is 0 Å². The molecule has 0 saturated heterocycles. The molecule has 4 rings (SSSR count). The maximum Gasteiger partial charge on any atom is 0.417 e. The van der Waals surface area contributed by atoms with E-state index in [1.807, 2.05) is 13.8 Å². The summed E-state index contributed by atoms with van der Waals surface area (Å²) >= 11 is 0. The van der Waals surface area contributed by atoms with Crippen molar-refractivity contribution in [3.05, 3.63) is 64.5 Å². The van der Waals surface area contributed by atoms with Gasteiger partial charge < -0.3 is 15.4 Å². The summed E-state index contributed by atoms with van der Waals surface area (Å²) in [4.78, 5) is 23.1. The Hall–Kier alpha value is -3.20. The minimum Gasteiger partial charge on any atom is -0.383 e. The number of amides is 1. The number of rotatable bonds is 4. The number of halogens is 3. The van der Waals surface area contributed by atoms with Gasteiger partial charge in [0.25, 0.3) is 5.91 Å². The van der Waals surface area contributed by atoms with Gasteiger partial charge in [0.05, 0.1) is 36.5 Å². The molecule has 0 saturated carbocycles. The first-order valence-corrected chi connectivity index (χ1v) is 9.77. The molecule has 1 aliphatic heterocycles. The van der Waals surface area contributed by atoms with E-state index in [1.165, 1.54) is 6.07 Å². The Kier molecular flexibility index (Phi) is 5.30. The number of fused-ring (bicyclic) bond motifs is 3. The van der Waals surface area contributed by atoms with Crippen molar-refractivity contribution in [2.45, 2.75) is 45.8 Å². The van der Waals surface area contributed by atoms with Crippen LogP contribution in [0.15, 0.2) is 36.5 Å². The number of carbonyl (C=O) groups excluding carboxylic acids is 1. The molecule has 9 heteroatoms. The fourth-order valence-corrected chi connectivity index (χ4v) is 3.62. The number of hydrogen-bond acceptors (Lipinski definition) is 5. The van der Waals surface area contributed by atoms with Crippen molar-refractivity contribution in [3.8, 4) is 0 Å². The summed E-state index contributed by atoms with van der Waals surface area (Å²) in [7, 11) is 0. The number of nitrogen functional groups attached to an aromatic ring is 1. The third-order valence-corrected chi connectivity index (χ3v) is 5.34. The zero-order valence-electron chi connectivity index (χ0n) is 17.0. The van der Waals surface area contributed by atoms with Crippen molar-refractivity contribution in [1.82, 2.24) is 14.9 Å². The van der Waals surface area contributed by atoms with Gasteiger partial charge in [0.2, 0.25) is 0 Å². The molecule has 0 atom stereocenters. The zero-order chi connectivity index (χ0) is 22.3. The Labute approximate surface area is 176 Å². The van der Waals surface area contributed by atoms with Crippen LogP contribution >= 0.6 is 0 Å². The highest BCUT2D eigenvalue weighted by Gasteiger charge is 2.31. The van der Waals surface area contributed by atoms with Crippen LogP contribution in [0.2, 0.25) is 0 Å². The highest BCUT2D eigenvalue weighted by atomic mass is 19.4. The average molecular weight is 430 g/mol. The zero-order valence-corrected chi connectivity index (χ0v) is 17.0. The highest BCUT2D eigenvalue weighted by Crippen LogP contribution is 2.32. The normalized spacial score (nSPS) is 13.6. The Balaban J connectivity index is 1.64. The molecule has 0 fully saturated rings. The first-order valence-electron chi connectivity index (χ1n) is 9.77. The van der Waals surface area contributed by atoms with Crippen LogP contribution in [0.5, 0.6) is 0 Å². The molecule has 1 aliphatic rings.